The fraction of sp³-hybridized carbons (Fsp3) is 0.647. The summed E-state index contributed by atoms with van der Waals surface area (Å²) in [4.78, 5) is 5.24. The summed E-state index contributed by atoms with van der Waals surface area (Å²) in [5.41, 5.74) is 8.98. The third-order valence-corrected chi connectivity index (χ3v) is 5.48. The Balaban J connectivity index is 1.81. The van der Waals surface area contributed by atoms with E-state index in [2.05, 4.69) is 50.9 Å². The molecule has 0 radical (unpaired) electrons. The summed E-state index contributed by atoms with van der Waals surface area (Å²) in [7, 11) is 0. The van der Waals surface area contributed by atoms with E-state index in [9.17, 15) is 0 Å². The number of rotatable bonds is 4. The van der Waals surface area contributed by atoms with Gasteiger partial charge in [0, 0.05) is 41.9 Å². The molecule has 0 spiro atoms. The maximum absolute atomic E-state index is 6.19. The first-order valence-corrected chi connectivity index (χ1v) is 8.99. The van der Waals surface area contributed by atoms with E-state index in [-0.39, 0.29) is 6.04 Å². The van der Waals surface area contributed by atoms with Crippen LogP contribution in [0.25, 0.3) is 0 Å². The number of piperazine rings is 1. The van der Waals surface area contributed by atoms with Crippen LogP contribution in [0.2, 0.25) is 0 Å². The van der Waals surface area contributed by atoms with Crippen molar-refractivity contribution in [2.45, 2.75) is 44.7 Å². The molecule has 2 heterocycles. The summed E-state index contributed by atoms with van der Waals surface area (Å²) >= 11 is 3.63. The van der Waals surface area contributed by atoms with E-state index in [1.807, 2.05) is 0 Å². The molecule has 2 atom stereocenters. The Kier molecular flexibility index (Phi) is 4.87. The number of halogens is 1. The maximum atomic E-state index is 6.19. The fourth-order valence-corrected chi connectivity index (χ4v) is 3.99. The molecule has 2 aliphatic rings. The van der Waals surface area contributed by atoms with Crippen LogP contribution in [-0.2, 0) is 6.42 Å². The number of benzene rings is 1. The first-order valence-electron chi connectivity index (χ1n) is 8.20. The molecule has 0 saturated carbocycles. The highest BCUT2D eigenvalue weighted by Crippen LogP contribution is 2.30. The lowest BCUT2D eigenvalue weighted by Gasteiger charge is -2.39. The van der Waals surface area contributed by atoms with E-state index in [0.717, 1.165) is 25.4 Å². The average molecular weight is 352 g/mol. The van der Waals surface area contributed by atoms with E-state index >= 15 is 0 Å². The second-order valence-corrected chi connectivity index (χ2v) is 7.34. The molecular formula is C17H26BrN3. The normalized spacial score (nSPS) is 24.1. The van der Waals surface area contributed by atoms with Gasteiger partial charge in [0.05, 0.1) is 0 Å². The third-order valence-electron chi connectivity index (χ3n) is 4.98. The standard InChI is InChI=1S/C17H26BrN3/c1-2-15(19)10-13-5-6-14(18)11-17(13)21-9-8-20-7-3-4-16(20)12-21/h5-6,11,15-16H,2-4,7-10,12,19H2,1H3. The van der Waals surface area contributed by atoms with Gasteiger partial charge in [-0.3, -0.25) is 4.90 Å². The van der Waals surface area contributed by atoms with E-state index in [1.165, 1.54) is 48.2 Å². The van der Waals surface area contributed by atoms with Crippen molar-refractivity contribution in [3.05, 3.63) is 28.2 Å². The largest absolute Gasteiger partial charge is 0.368 e. The van der Waals surface area contributed by atoms with Crippen LogP contribution >= 0.6 is 15.9 Å². The topological polar surface area (TPSA) is 32.5 Å². The molecule has 116 valence electrons. The molecule has 1 aromatic carbocycles. The van der Waals surface area contributed by atoms with E-state index in [0.29, 0.717) is 0 Å². The number of nitrogens with two attached hydrogens (primary N) is 1. The fourth-order valence-electron chi connectivity index (χ4n) is 3.64. The van der Waals surface area contributed by atoms with Crippen molar-refractivity contribution in [3.63, 3.8) is 0 Å². The van der Waals surface area contributed by atoms with E-state index in [4.69, 9.17) is 5.73 Å². The van der Waals surface area contributed by atoms with Crippen LogP contribution in [0.15, 0.2) is 22.7 Å². The molecule has 2 saturated heterocycles. The molecule has 4 heteroatoms. The van der Waals surface area contributed by atoms with Gasteiger partial charge in [-0.15, -0.1) is 0 Å². The smallest absolute Gasteiger partial charge is 0.0411 e. The van der Waals surface area contributed by atoms with E-state index < -0.39 is 0 Å². The lowest BCUT2D eigenvalue weighted by Crippen LogP contribution is -2.50. The van der Waals surface area contributed by atoms with Crippen molar-refractivity contribution in [1.29, 1.82) is 0 Å². The molecule has 0 aromatic heterocycles. The van der Waals surface area contributed by atoms with Gasteiger partial charge in [-0.25, -0.2) is 0 Å². The predicted octanol–water partition coefficient (Wildman–Crippen LogP) is 3.01. The molecule has 2 unspecified atom stereocenters. The monoisotopic (exact) mass is 351 g/mol. The minimum Gasteiger partial charge on any atom is -0.368 e. The summed E-state index contributed by atoms with van der Waals surface area (Å²) in [6, 6.07) is 7.69. The van der Waals surface area contributed by atoms with Crippen molar-refractivity contribution in [2.75, 3.05) is 31.1 Å². The minimum atomic E-state index is 0.262. The van der Waals surface area contributed by atoms with Gasteiger partial charge in [0.15, 0.2) is 0 Å². The highest BCUT2D eigenvalue weighted by molar-refractivity contribution is 9.10. The van der Waals surface area contributed by atoms with Crippen LogP contribution in [0.1, 0.15) is 31.7 Å². The Morgan fingerprint density at radius 2 is 2.19 bits per heavy atom. The van der Waals surface area contributed by atoms with Gasteiger partial charge in [0.25, 0.3) is 0 Å². The van der Waals surface area contributed by atoms with Crippen molar-refractivity contribution in [1.82, 2.24) is 4.90 Å². The van der Waals surface area contributed by atoms with Crippen LogP contribution < -0.4 is 10.6 Å². The quantitative estimate of drug-likeness (QED) is 0.904. The predicted molar refractivity (Wildman–Crippen MR) is 92.9 cm³/mol. The second-order valence-electron chi connectivity index (χ2n) is 6.42. The Morgan fingerprint density at radius 3 is 3.00 bits per heavy atom. The van der Waals surface area contributed by atoms with Crippen molar-refractivity contribution < 1.29 is 0 Å². The van der Waals surface area contributed by atoms with Gasteiger partial charge in [-0.1, -0.05) is 28.9 Å². The molecular weight excluding hydrogens is 326 g/mol. The van der Waals surface area contributed by atoms with Gasteiger partial charge in [-0.2, -0.15) is 0 Å². The summed E-state index contributed by atoms with van der Waals surface area (Å²) in [5, 5.41) is 0. The lowest BCUT2D eigenvalue weighted by atomic mass is 10.0. The molecule has 0 bridgehead atoms. The zero-order valence-electron chi connectivity index (χ0n) is 12.9. The van der Waals surface area contributed by atoms with Gasteiger partial charge in [-0.05, 0) is 49.9 Å². The molecule has 2 N–H and O–H groups in total. The Morgan fingerprint density at radius 1 is 1.33 bits per heavy atom. The van der Waals surface area contributed by atoms with Gasteiger partial charge >= 0.3 is 0 Å². The van der Waals surface area contributed by atoms with Crippen LogP contribution in [0.4, 0.5) is 5.69 Å². The van der Waals surface area contributed by atoms with Crippen LogP contribution in [0.5, 0.6) is 0 Å². The van der Waals surface area contributed by atoms with Crippen LogP contribution in [-0.4, -0.2) is 43.2 Å². The SMILES string of the molecule is CCC(N)Cc1ccc(Br)cc1N1CCN2CCCC2C1. The first-order chi connectivity index (χ1) is 10.2. The highest BCUT2D eigenvalue weighted by atomic mass is 79.9. The van der Waals surface area contributed by atoms with Gasteiger partial charge < -0.3 is 10.6 Å². The molecule has 2 aliphatic heterocycles. The molecule has 21 heavy (non-hydrogen) atoms. The Labute approximate surface area is 136 Å². The number of hydrogen-bond donors (Lipinski definition) is 1. The summed E-state index contributed by atoms with van der Waals surface area (Å²) in [6.07, 6.45) is 4.73. The second kappa shape index (κ2) is 6.67. The molecule has 3 rings (SSSR count). The zero-order valence-corrected chi connectivity index (χ0v) is 14.5. The van der Waals surface area contributed by atoms with Crippen molar-refractivity contribution >= 4 is 21.6 Å². The molecule has 2 fully saturated rings. The summed E-state index contributed by atoms with van der Waals surface area (Å²) in [5.74, 6) is 0. The van der Waals surface area contributed by atoms with Crippen molar-refractivity contribution in [2.24, 2.45) is 5.73 Å². The summed E-state index contributed by atoms with van der Waals surface area (Å²) in [6.45, 7) is 6.98. The zero-order chi connectivity index (χ0) is 14.8. The lowest BCUT2D eigenvalue weighted by molar-refractivity contribution is 0.231. The van der Waals surface area contributed by atoms with Gasteiger partial charge in [0.2, 0.25) is 0 Å². The van der Waals surface area contributed by atoms with E-state index in [1.54, 1.807) is 0 Å². The highest BCUT2D eigenvalue weighted by Gasteiger charge is 2.31. The Hall–Kier alpha value is -0.580. The first kappa shape index (κ1) is 15.3. The number of nitrogens with zero attached hydrogens (tertiary/aromatic N) is 2. The van der Waals surface area contributed by atoms with Crippen molar-refractivity contribution in [3.8, 4) is 0 Å². The molecule has 1 aromatic rings. The van der Waals surface area contributed by atoms with Gasteiger partial charge in [0.1, 0.15) is 0 Å². The number of fused-ring (bicyclic) bond motifs is 1. The molecule has 3 nitrogen and oxygen atoms in total. The third kappa shape index (κ3) is 3.43. The Bertz CT molecular complexity index is 491. The average Bonchev–Trinajstić information content (AvgIpc) is 2.96. The van der Waals surface area contributed by atoms with Crippen LogP contribution in [0.3, 0.4) is 0 Å². The molecule has 0 amide bonds. The summed E-state index contributed by atoms with van der Waals surface area (Å²) < 4.78 is 1.17. The number of anilines is 1. The van der Waals surface area contributed by atoms with Crippen LogP contribution in [0, 0.1) is 0 Å². The molecule has 0 aliphatic carbocycles. The minimum absolute atomic E-state index is 0.262. The number of hydrogen-bond acceptors (Lipinski definition) is 3. The maximum Gasteiger partial charge on any atom is 0.0411 e.